The van der Waals surface area contributed by atoms with E-state index in [0.717, 1.165) is 21.8 Å². The van der Waals surface area contributed by atoms with E-state index in [1.165, 1.54) is 12.3 Å². The lowest BCUT2D eigenvalue weighted by Gasteiger charge is -2.06. The molecule has 0 unspecified atom stereocenters. The van der Waals surface area contributed by atoms with Gasteiger partial charge >= 0.3 is 5.97 Å². The van der Waals surface area contributed by atoms with Crippen LogP contribution in [0.25, 0.3) is 0 Å². The largest absolute Gasteiger partial charge is 0.477 e. The van der Waals surface area contributed by atoms with E-state index in [1.54, 1.807) is 12.1 Å². The highest BCUT2D eigenvalue weighted by Crippen LogP contribution is 2.21. The van der Waals surface area contributed by atoms with Crippen molar-refractivity contribution in [2.75, 3.05) is 0 Å². The van der Waals surface area contributed by atoms with E-state index in [9.17, 15) is 9.59 Å². The molecule has 0 aliphatic heterocycles. The van der Waals surface area contributed by atoms with Gasteiger partial charge in [-0.15, -0.1) is 11.3 Å². The third-order valence-electron chi connectivity index (χ3n) is 2.82. The van der Waals surface area contributed by atoms with Crippen LogP contribution in [0.15, 0.2) is 28.9 Å². The number of thiophene rings is 1. The van der Waals surface area contributed by atoms with Gasteiger partial charge in [-0.2, -0.15) is 0 Å². The van der Waals surface area contributed by atoms with Crippen molar-refractivity contribution in [1.82, 2.24) is 5.32 Å². The zero-order valence-corrected chi connectivity index (χ0v) is 12.0. The molecule has 0 radical (unpaired) electrons. The Labute approximate surface area is 120 Å². The molecule has 2 aromatic heterocycles. The number of carboxylic acid groups (broad SMARTS) is 1. The van der Waals surface area contributed by atoms with Crippen LogP contribution >= 0.6 is 11.3 Å². The quantitative estimate of drug-likeness (QED) is 0.887. The second-order valence-corrected chi connectivity index (χ2v) is 5.78. The molecular weight excluding hydrogens is 278 g/mol. The van der Waals surface area contributed by atoms with Crippen molar-refractivity contribution in [2.45, 2.75) is 26.3 Å². The fraction of sp³-hybridized carbons (Fsp3) is 0.286. The predicted octanol–water partition coefficient (Wildman–Crippen LogP) is 3.09. The number of aromatic carboxylic acids is 1. The van der Waals surface area contributed by atoms with Crippen LogP contribution in [-0.4, -0.2) is 17.0 Å². The van der Waals surface area contributed by atoms with Crippen LogP contribution < -0.4 is 5.32 Å². The van der Waals surface area contributed by atoms with E-state index >= 15 is 0 Å². The maximum absolute atomic E-state index is 12.0. The third-order valence-corrected chi connectivity index (χ3v) is 3.89. The van der Waals surface area contributed by atoms with E-state index in [4.69, 9.17) is 9.52 Å². The average Bonchev–Trinajstić information content (AvgIpc) is 3.04. The summed E-state index contributed by atoms with van der Waals surface area (Å²) in [6, 6.07) is 5.01. The summed E-state index contributed by atoms with van der Waals surface area (Å²) in [5.74, 6) is -0.727. The fourth-order valence-corrected chi connectivity index (χ4v) is 2.58. The molecule has 5 nitrogen and oxygen atoms in total. The zero-order valence-electron chi connectivity index (χ0n) is 11.2. The minimum atomic E-state index is -0.958. The molecule has 0 aromatic carbocycles. The maximum Gasteiger partial charge on any atom is 0.345 e. The normalized spacial score (nSPS) is 10.8. The van der Waals surface area contributed by atoms with Crippen molar-refractivity contribution in [3.05, 3.63) is 45.5 Å². The molecule has 6 heteroatoms. The first-order valence-corrected chi connectivity index (χ1v) is 6.98. The van der Waals surface area contributed by atoms with E-state index in [2.05, 4.69) is 5.32 Å². The summed E-state index contributed by atoms with van der Waals surface area (Å²) in [5, 5.41) is 11.6. The molecule has 2 N–H and O–H groups in total. The van der Waals surface area contributed by atoms with Crippen LogP contribution in [0.1, 0.15) is 50.4 Å². The molecule has 0 aliphatic carbocycles. The standard InChI is InChI=1S/C14H15NO4S/c1-8(2)10-5-6-19-12(10)13(16)15-7-9-3-4-11(20-9)14(17)18/h3-6,8H,7H2,1-2H3,(H,15,16)(H,17,18). The number of carbonyl (C=O) groups is 2. The highest BCUT2D eigenvalue weighted by atomic mass is 32.1. The Bertz CT molecular complexity index is 627. The monoisotopic (exact) mass is 293 g/mol. The first-order chi connectivity index (χ1) is 9.49. The summed E-state index contributed by atoms with van der Waals surface area (Å²) < 4.78 is 5.22. The summed E-state index contributed by atoms with van der Waals surface area (Å²) in [6.07, 6.45) is 1.50. The lowest BCUT2D eigenvalue weighted by molar-refractivity contribution is 0.0702. The van der Waals surface area contributed by atoms with E-state index < -0.39 is 5.97 Å². The van der Waals surface area contributed by atoms with Crippen molar-refractivity contribution in [2.24, 2.45) is 0 Å². The van der Waals surface area contributed by atoms with E-state index in [-0.39, 0.29) is 23.2 Å². The van der Waals surface area contributed by atoms with Gasteiger partial charge in [-0.25, -0.2) is 4.79 Å². The molecular formula is C14H15NO4S. The molecule has 0 bridgehead atoms. The van der Waals surface area contributed by atoms with Crippen LogP contribution in [0.2, 0.25) is 0 Å². The number of hydrogen-bond acceptors (Lipinski definition) is 4. The number of amides is 1. The number of carboxylic acids is 1. The Hall–Kier alpha value is -2.08. The van der Waals surface area contributed by atoms with Crippen molar-refractivity contribution >= 4 is 23.2 Å². The topological polar surface area (TPSA) is 79.5 Å². The lowest BCUT2D eigenvalue weighted by atomic mass is 10.0. The van der Waals surface area contributed by atoms with Gasteiger partial charge in [0.2, 0.25) is 0 Å². The minimum absolute atomic E-state index is 0.204. The van der Waals surface area contributed by atoms with Gasteiger partial charge in [0.1, 0.15) is 4.88 Å². The van der Waals surface area contributed by atoms with Crippen LogP contribution in [0.4, 0.5) is 0 Å². The Morgan fingerprint density at radius 2 is 2.10 bits per heavy atom. The van der Waals surface area contributed by atoms with Gasteiger partial charge in [0.15, 0.2) is 5.76 Å². The van der Waals surface area contributed by atoms with Crippen molar-refractivity contribution in [3.8, 4) is 0 Å². The highest BCUT2D eigenvalue weighted by Gasteiger charge is 2.17. The van der Waals surface area contributed by atoms with Gasteiger partial charge in [-0.3, -0.25) is 4.79 Å². The number of hydrogen-bond donors (Lipinski definition) is 2. The Morgan fingerprint density at radius 1 is 1.35 bits per heavy atom. The van der Waals surface area contributed by atoms with Crippen molar-refractivity contribution in [1.29, 1.82) is 0 Å². The molecule has 0 aliphatic rings. The SMILES string of the molecule is CC(C)c1ccoc1C(=O)NCc1ccc(C(=O)O)s1. The number of rotatable bonds is 5. The Morgan fingerprint density at radius 3 is 2.70 bits per heavy atom. The first-order valence-electron chi connectivity index (χ1n) is 6.16. The predicted molar refractivity (Wildman–Crippen MR) is 75.2 cm³/mol. The van der Waals surface area contributed by atoms with Crippen LogP contribution in [0.5, 0.6) is 0 Å². The van der Waals surface area contributed by atoms with E-state index in [0.29, 0.717) is 5.76 Å². The number of nitrogens with one attached hydrogen (secondary N) is 1. The zero-order chi connectivity index (χ0) is 14.7. The van der Waals surface area contributed by atoms with Crippen LogP contribution in [-0.2, 0) is 6.54 Å². The molecule has 1 amide bonds. The Balaban J connectivity index is 2.01. The fourth-order valence-electron chi connectivity index (χ4n) is 1.79. The summed E-state index contributed by atoms with van der Waals surface area (Å²) in [6.45, 7) is 4.26. The number of carbonyl (C=O) groups excluding carboxylic acids is 1. The second kappa shape index (κ2) is 5.92. The third kappa shape index (κ3) is 3.08. The Kier molecular flexibility index (Phi) is 4.24. The highest BCUT2D eigenvalue weighted by molar-refractivity contribution is 7.13. The maximum atomic E-state index is 12.0. The summed E-state index contributed by atoms with van der Waals surface area (Å²) in [4.78, 5) is 23.8. The van der Waals surface area contributed by atoms with Crippen molar-refractivity contribution < 1.29 is 19.1 Å². The van der Waals surface area contributed by atoms with E-state index in [1.807, 2.05) is 13.8 Å². The summed E-state index contributed by atoms with van der Waals surface area (Å²) in [5.41, 5.74) is 0.861. The molecule has 0 saturated carbocycles. The van der Waals surface area contributed by atoms with Crippen molar-refractivity contribution in [3.63, 3.8) is 0 Å². The van der Waals surface area contributed by atoms with Gasteiger partial charge in [0.05, 0.1) is 12.8 Å². The van der Waals surface area contributed by atoms with Gasteiger partial charge in [-0.1, -0.05) is 13.8 Å². The smallest absolute Gasteiger partial charge is 0.345 e. The minimum Gasteiger partial charge on any atom is -0.477 e. The van der Waals surface area contributed by atoms with Gasteiger partial charge in [-0.05, 0) is 24.1 Å². The van der Waals surface area contributed by atoms with Crippen LogP contribution in [0.3, 0.4) is 0 Å². The molecule has 0 saturated heterocycles. The first kappa shape index (κ1) is 14.3. The van der Waals surface area contributed by atoms with Crippen LogP contribution in [0, 0.1) is 0 Å². The summed E-state index contributed by atoms with van der Waals surface area (Å²) >= 11 is 1.15. The molecule has 2 heterocycles. The molecule has 2 rings (SSSR count). The molecule has 2 aromatic rings. The lowest BCUT2D eigenvalue weighted by Crippen LogP contribution is -2.23. The van der Waals surface area contributed by atoms with Gasteiger partial charge in [0, 0.05) is 10.4 Å². The molecule has 0 atom stereocenters. The summed E-state index contributed by atoms with van der Waals surface area (Å²) in [7, 11) is 0. The molecule has 0 spiro atoms. The second-order valence-electron chi connectivity index (χ2n) is 4.61. The molecule has 0 fully saturated rings. The van der Waals surface area contributed by atoms with Gasteiger partial charge in [0.25, 0.3) is 5.91 Å². The average molecular weight is 293 g/mol. The molecule has 20 heavy (non-hydrogen) atoms. The number of furan rings is 1. The van der Waals surface area contributed by atoms with Gasteiger partial charge < -0.3 is 14.8 Å². The molecule has 106 valence electrons.